The number of amides is 2. The van der Waals surface area contributed by atoms with E-state index in [-0.39, 0.29) is 42.5 Å². The van der Waals surface area contributed by atoms with Gasteiger partial charge in [-0.05, 0) is 88.9 Å². The van der Waals surface area contributed by atoms with Gasteiger partial charge < -0.3 is 24.8 Å². The fraction of sp³-hybridized carbons (Fsp3) is 0.629. The van der Waals surface area contributed by atoms with Crippen LogP contribution in [0.4, 0.5) is 5.69 Å². The molecule has 0 spiro atoms. The largest absolute Gasteiger partial charge is 0.490 e. The van der Waals surface area contributed by atoms with Crippen molar-refractivity contribution in [3.05, 3.63) is 53.9 Å². The zero-order valence-electron chi connectivity index (χ0n) is 27.0. The molecule has 1 fully saturated rings. The van der Waals surface area contributed by atoms with E-state index in [9.17, 15) is 14.7 Å². The number of anilines is 1. The Hall–Kier alpha value is -3.01. The molecule has 1 aromatic heterocycles. The molecule has 0 bridgehead atoms. The van der Waals surface area contributed by atoms with Gasteiger partial charge in [-0.25, -0.2) is 0 Å². The maximum absolute atomic E-state index is 14.3. The van der Waals surface area contributed by atoms with Crippen LogP contribution in [0.5, 0.6) is 5.75 Å². The normalized spacial score (nSPS) is 23.4. The van der Waals surface area contributed by atoms with Crippen LogP contribution in [-0.2, 0) is 16.1 Å². The molecule has 2 aliphatic rings. The summed E-state index contributed by atoms with van der Waals surface area (Å²) in [5, 5.41) is 13.3. The maximum Gasteiger partial charge on any atom is 0.258 e. The first kappa shape index (κ1) is 33.9. The third kappa shape index (κ3) is 9.74. The molecule has 1 saturated carbocycles. The van der Waals surface area contributed by atoms with Gasteiger partial charge in [0.05, 0.1) is 30.4 Å². The summed E-state index contributed by atoms with van der Waals surface area (Å²) in [7, 11) is 2.08. The molecule has 9 heteroatoms. The summed E-state index contributed by atoms with van der Waals surface area (Å²) in [5.74, 6) is 0.286. The van der Waals surface area contributed by atoms with E-state index >= 15 is 0 Å². The molecule has 242 valence electrons. The van der Waals surface area contributed by atoms with Gasteiger partial charge in [-0.1, -0.05) is 26.2 Å². The monoisotopic (exact) mass is 608 g/mol. The number of nitrogens with zero attached hydrogens (tertiary/aromatic N) is 3. The van der Waals surface area contributed by atoms with Crippen LogP contribution < -0.4 is 10.1 Å². The lowest BCUT2D eigenvalue weighted by Crippen LogP contribution is -2.47. The van der Waals surface area contributed by atoms with Crippen molar-refractivity contribution in [2.45, 2.75) is 96.9 Å². The van der Waals surface area contributed by atoms with Gasteiger partial charge in [0.15, 0.2) is 0 Å². The molecule has 0 unspecified atom stereocenters. The van der Waals surface area contributed by atoms with Crippen molar-refractivity contribution in [1.29, 1.82) is 0 Å². The number of nitrogens with one attached hydrogen (secondary N) is 1. The SMILES string of the molecule is C[C@@H]1CN([C@@H](C)CO)C(=O)c2cc(NC(=O)C3CCCCC3)ccc2O[C@@H](C)CCCCO[C@@H]1CN(C)Cc1ccncc1. The Morgan fingerprint density at radius 1 is 1.09 bits per heavy atom. The number of rotatable bonds is 8. The highest BCUT2D eigenvalue weighted by molar-refractivity contribution is 6.00. The highest BCUT2D eigenvalue weighted by Gasteiger charge is 2.31. The molecule has 1 aliphatic carbocycles. The topological polar surface area (TPSA) is 104 Å². The van der Waals surface area contributed by atoms with Crippen molar-refractivity contribution in [1.82, 2.24) is 14.8 Å². The molecule has 2 N–H and O–H groups in total. The Labute approximate surface area is 263 Å². The number of pyridine rings is 1. The van der Waals surface area contributed by atoms with Crippen molar-refractivity contribution in [2.24, 2.45) is 11.8 Å². The van der Waals surface area contributed by atoms with Crippen LogP contribution in [0.3, 0.4) is 0 Å². The zero-order chi connectivity index (χ0) is 31.5. The van der Waals surface area contributed by atoms with Gasteiger partial charge >= 0.3 is 0 Å². The average molecular weight is 609 g/mol. The van der Waals surface area contributed by atoms with E-state index in [2.05, 4.69) is 29.2 Å². The first-order chi connectivity index (χ1) is 21.2. The number of benzene rings is 1. The Morgan fingerprint density at radius 2 is 1.82 bits per heavy atom. The fourth-order valence-electron chi connectivity index (χ4n) is 6.24. The molecule has 4 rings (SSSR count). The molecule has 0 radical (unpaired) electrons. The summed E-state index contributed by atoms with van der Waals surface area (Å²) in [6, 6.07) is 8.99. The molecule has 2 amide bonds. The molecule has 2 aromatic rings. The lowest BCUT2D eigenvalue weighted by atomic mass is 9.88. The number of ether oxygens (including phenoxy) is 2. The van der Waals surface area contributed by atoms with Crippen molar-refractivity contribution in [3.8, 4) is 5.75 Å². The van der Waals surface area contributed by atoms with Crippen LogP contribution in [0.25, 0.3) is 0 Å². The lowest BCUT2D eigenvalue weighted by Gasteiger charge is -2.36. The summed E-state index contributed by atoms with van der Waals surface area (Å²) in [6.07, 6.45) is 11.2. The number of carbonyl (C=O) groups excluding carboxylic acids is 2. The van der Waals surface area contributed by atoms with E-state index in [1.165, 1.54) is 12.0 Å². The summed E-state index contributed by atoms with van der Waals surface area (Å²) in [4.78, 5) is 35.5. The minimum atomic E-state index is -0.418. The quantitative estimate of drug-likeness (QED) is 0.406. The molecule has 2 heterocycles. The summed E-state index contributed by atoms with van der Waals surface area (Å²) in [5.41, 5.74) is 2.17. The van der Waals surface area contributed by atoms with Crippen molar-refractivity contribution in [2.75, 3.05) is 38.7 Å². The van der Waals surface area contributed by atoms with E-state index in [1.807, 2.05) is 32.0 Å². The smallest absolute Gasteiger partial charge is 0.258 e. The molecule has 0 saturated heterocycles. The van der Waals surface area contributed by atoms with Crippen LogP contribution in [0.15, 0.2) is 42.7 Å². The van der Waals surface area contributed by atoms with E-state index in [4.69, 9.17) is 9.47 Å². The van der Waals surface area contributed by atoms with E-state index in [0.29, 0.717) is 36.7 Å². The van der Waals surface area contributed by atoms with Crippen molar-refractivity contribution in [3.63, 3.8) is 0 Å². The Balaban J connectivity index is 1.59. The standard InChI is InChI=1S/C35H52N4O5/c1-25-21-39(26(2)24-40)35(42)31-20-30(37-34(41)29-11-6-5-7-12-29)13-14-32(31)44-27(3)10-8-9-19-43-33(25)23-38(4)22-28-15-17-36-18-16-28/h13-18,20,25-27,29,33,40H,5-12,19,21-24H2,1-4H3,(H,37,41)/t25-,26+,27+,33-/m1/s1. The third-order valence-electron chi connectivity index (χ3n) is 8.99. The number of likely N-dealkylation sites (N-methyl/N-ethyl adjacent to an activating group) is 1. The summed E-state index contributed by atoms with van der Waals surface area (Å²) in [6.45, 7) is 8.33. The number of carbonyl (C=O) groups is 2. The minimum absolute atomic E-state index is 0.00442. The van der Waals surface area contributed by atoms with Crippen LogP contribution in [0.2, 0.25) is 0 Å². The van der Waals surface area contributed by atoms with E-state index < -0.39 is 6.04 Å². The fourth-order valence-corrected chi connectivity index (χ4v) is 6.24. The molecule has 44 heavy (non-hydrogen) atoms. The molecular weight excluding hydrogens is 556 g/mol. The average Bonchev–Trinajstić information content (AvgIpc) is 3.03. The van der Waals surface area contributed by atoms with Gasteiger partial charge in [-0.15, -0.1) is 0 Å². The predicted molar refractivity (Wildman–Crippen MR) is 173 cm³/mol. The highest BCUT2D eigenvalue weighted by atomic mass is 16.5. The third-order valence-corrected chi connectivity index (χ3v) is 8.99. The number of aliphatic hydroxyl groups excluding tert-OH is 1. The minimum Gasteiger partial charge on any atom is -0.490 e. The summed E-state index contributed by atoms with van der Waals surface area (Å²) < 4.78 is 12.8. The second-order valence-corrected chi connectivity index (χ2v) is 12.9. The number of hydrogen-bond acceptors (Lipinski definition) is 7. The molecule has 4 atom stereocenters. The van der Waals surface area contributed by atoms with Crippen molar-refractivity contribution < 1.29 is 24.2 Å². The second-order valence-electron chi connectivity index (χ2n) is 12.9. The van der Waals surface area contributed by atoms with Gasteiger partial charge in [-0.2, -0.15) is 0 Å². The van der Waals surface area contributed by atoms with Gasteiger partial charge in [-0.3, -0.25) is 19.5 Å². The van der Waals surface area contributed by atoms with Crippen LogP contribution in [0, 0.1) is 11.8 Å². The lowest BCUT2D eigenvalue weighted by molar-refractivity contribution is -0.120. The zero-order valence-corrected chi connectivity index (χ0v) is 27.0. The molecule has 1 aromatic carbocycles. The maximum atomic E-state index is 14.3. The second kappa shape index (κ2) is 16.9. The van der Waals surface area contributed by atoms with E-state index in [0.717, 1.165) is 51.5 Å². The number of aromatic nitrogens is 1. The molecule has 1 aliphatic heterocycles. The van der Waals surface area contributed by atoms with Crippen LogP contribution in [0.1, 0.15) is 88.1 Å². The van der Waals surface area contributed by atoms with Gasteiger partial charge in [0.1, 0.15) is 5.75 Å². The number of hydrogen-bond donors (Lipinski definition) is 2. The predicted octanol–water partition coefficient (Wildman–Crippen LogP) is 5.53. The molecule has 9 nitrogen and oxygen atoms in total. The summed E-state index contributed by atoms with van der Waals surface area (Å²) >= 11 is 0. The first-order valence-corrected chi connectivity index (χ1v) is 16.5. The van der Waals surface area contributed by atoms with E-state index in [1.54, 1.807) is 29.4 Å². The van der Waals surface area contributed by atoms with Gasteiger partial charge in [0, 0.05) is 56.2 Å². The number of fused-ring (bicyclic) bond motifs is 1. The first-order valence-electron chi connectivity index (χ1n) is 16.5. The van der Waals surface area contributed by atoms with Gasteiger partial charge in [0.25, 0.3) is 5.91 Å². The highest BCUT2D eigenvalue weighted by Crippen LogP contribution is 2.30. The Morgan fingerprint density at radius 3 is 2.55 bits per heavy atom. The van der Waals surface area contributed by atoms with Crippen LogP contribution in [-0.4, -0.2) is 83.3 Å². The van der Waals surface area contributed by atoms with Crippen LogP contribution >= 0.6 is 0 Å². The van der Waals surface area contributed by atoms with Gasteiger partial charge in [0.2, 0.25) is 5.91 Å². The Bertz CT molecular complexity index is 1190. The van der Waals surface area contributed by atoms with Crippen molar-refractivity contribution >= 4 is 17.5 Å². The molecular formula is C35H52N4O5. The number of aliphatic hydroxyl groups is 1. The Kier molecular flexibility index (Phi) is 13.0.